The van der Waals surface area contributed by atoms with Crippen molar-refractivity contribution in [1.82, 2.24) is 4.83 Å². The van der Waals surface area contributed by atoms with Crippen molar-refractivity contribution in [3.05, 3.63) is 53.0 Å². The number of fused-ring (bicyclic) bond motifs is 1. The Kier molecular flexibility index (Phi) is 6.63. The van der Waals surface area contributed by atoms with Crippen molar-refractivity contribution in [2.75, 3.05) is 0 Å². The molecule has 9 heteroatoms. The van der Waals surface area contributed by atoms with E-state index in [1.807, 2.05) is 0 Å². The first-order valence-electron chi connectivity index (χ1n) is 7.37. The molecule has 1 aliphatic carbocycles. The Labute approximate surface area is 188 Å². The summed E-state index contributed by atoms with van der Waals surface area (Å²) in [5, 5.41) is 15.1. The minimum absolute atomic E-state index is 0. The van der Waals surface area contributed by atoms with Crippen LogP contribution in [0.2, 0.25) is 0 Å². The van der Waals surface area contributed by atoms with Crippen LogP contribution in [0.1, 0.15) is 40.3 Å². The summed E-state index contributed by atoms with van der Waals surface area (Å²) in [7, 11) is -3.78. The zero-order valence-electron chi connectivity index (χ0n) is 13.9. The van der Waals surface area contributed by atoms with Gasteiger partial charge in [0, 0.05) is 17.5 Å². The molecule has 0 spiro atoms. The van der Waals surface area contributed by atoms with E-state index in [2.05, 4.69) is 9.93 Å². The van der Waals surface area contributed by atoms with Crippen LogP contribution in [0.3, 0.4) is 0 Å². The van der Waals surface area contributed by atoms with E-state index in [9.17, 15) is 18.3 Å². The minimum atomic E-state index is -3.78. The third kappa shape index (κ3) is 4.24. The van der Waals surface area contributed by atoms with E-state index in [4.69, 9.17) is 4.42 Å². The first kappa shape index (κ1) is 20.3. The number of carbonyl (C=O) groups excluding carboxylic acids is 1. The molecule has 0 amide bonds. The fraction of sp³-hybridized carbons (Fsp3) is 0.250. The van der Waals surface area contributed by atoms with Crippen molar-refractivity contribution in [2.45, 2.75) is 31.1 Å². The maximum absolute atomic E-state index is 12.2. The molecule has 1 aromatic carbocycles. The number of benzene rings is 1. The van der Waals surface area contributed by atoms with Gasteiger partial charge in [0.2, 0.25) is 0 Å². The number of hydrogen-bond donors (Lipinski definition) is 1. The first-order chi connectivity index (χ1) is 11.4. The molecule has 1 N–H and O–H groups in total. The number of nitrogens with zero attached hydrogens (tertiary/aromatic N) is 1. The number of rotatable bonds is 4. The maximum atomic E-state index is 12.2. The normalized spacial score (nSPS) is 15.3. The van der Waals surface area contributed by atoms with E-state index in [-0.39, 0.29) is 62.0 Å². The summed E-state index contributed by atoms with van der Waals surface area (Å²) in [6.45, 7) is 1.60. The second kappa shape index (κ2) is 8.15. The van der Waals surface area contributed by atoms with Gasteiger partial charge in [-0.25, -0.2) is 0 Å². The molecule has 1 aliphatic rings. The van der Waals surface area contributed by atoms with E-state index in [1.165, 1.54) is 12.1 Å². The van der Waals surface area contributed by atoms with Crippen LogP contribution in [0.5, 0.6) is 0 Å². The summed E-state index contributed by atoms with van der Waals surface area (Å²) in [5.41, 5.74) is 1.42. The molecule has 0 radical (unpaired) electrons. The van der Waals surface area contributed by atoms with Gasteiger partial charge in [-0.3, -0.25) is 0 Å². The molecular weight excluding hydrogens is 371 g/mol. The smallest absolute Gasteiger partial charge is 0.542 e. The van der Waals surface area contributed by atoms with Gasteiger partial charge in [-0.05, 0) is 31.9 Å². The van der Waals surface area contributed by atoms with Gasteiger partial charge in [-0.2, -0.15) is 18.4 Å². The Morgan fingerprint density at radius 2 is 1.92 bits per heavy atom. The van der Waals surface area contributed by atoms with Gasteiger partial charge in [-0.1, -0.05) is 18.2 Å². The number of carboxylic acids is 1. The fourth-order valence-corrected chi connectivity index (χ4v) is 3.59. The number of hydrogen-bond acceptors (Lipinski definition) is 6. The second-order valence-electron chi connectivity index (χ2n) is 5.46. The summed E-state index contributed by atoms with van der Waals surface area (Å²) < 4.78 is 29.8. The zero-order valence-corrected chi connectivity index (χ0v) is 17.8. The van der Waals surface area contributed by atoms with Crippen LogP contribution >= 0.6 is 0 Å². The van der Waals surface area contributed by atoms with Gasteiger partial charge < -0.3 is 14.3 Å². The van der Waals surface area contributed by atoms with Crippen molar-refractivity contribution in [1.29, 1.82) is 0 Å². The molecule has 0 atom stereocenters. The Morgan fingerprint density at radius 1 is 1.24 bits per heavy atom. The topological polar surface area (TPSA) is 112 Å². The SMILES string of the molecule is Cc1c(C(=O)[O-])oc2c1/C(=N/NS(=O)(=O)c1ccccc1)CCC2.[K+]. The van der Waals surface area contributed by atoms with Crippen molar-refractivity contribution in [3.8, 4) is 0 Å². The van der Waals surface area contributed by atoms with Gasteiger partial charge >= 0.3 is 51.4 Å². The molecular formula is C16H15KN2O5S. The van der Waals surface area contributed by atoms with Crippen LogP contribution in [0.15, 0.2) is 44.7 Å². The third-order valence-electron chi connectivity index (χ3n) is 3.87. The Bertz CT molecular complexity index is 920. The van der Waals surface area contributed by atoms with Gasteiger partial charge in [0.1, 0.15) is 11.7 Å². The second-order valence-corrected chi connectivity index (χ2v) is 7.12. The largest absolute Gasteiger partial charge is 1.00 e. The Morgan fingerprint density at radius 3 is 2.56 bits per heavy atom. The molecule has 25 heavy (non-hydrogen) atoms. The number of carboxylic acid groups (broad SMARTS) is 1. The number of sulfonamides is 1. The molecule has 0 aliphatic heterocycles. The van der Waals surface area contributed by atoms with Crippen LogP contribution in [0.4, 0.5) is 0 Å². The maximum Gasteiger partial charge on any atom is 1.00 e. The molecule has 0 fully saturated rings. The quantitative estimate of drug-likeness (QED) is 0.481. The van der Waals surface area contributed by atoms with Crippen LogP contribution in [-0.2, 0) is 16.4 Å². The molecule has 3 rings (SSSR count). The predicted molar refractivity (Wildman–Crippen MR) is 84.0 cm³/mol. The summed E-state index contributed by atoms with van der Waals surface area (Å²) >= 11 is 0. The summed E-state index contributed by atoms with van der Waals surface area (Å²) in [6.07, 6.45) is 1.80. The number of nitrogens with one attached hydrogen (secondary N) is 1. The van der Waals surface area contributed by atoms with E-state index in [1.54, 1.807) is 25.1 Å². The molecule has 0 saturated heterocycles. The fourth-order valence-electron chi connectivity index (χ4n) is 2.74. The van der Waals surface area contributed by atoms with E-state index < -0.39 is 16.0 Å². The third-order valence-corrected chi connectivity index (χ3v) is 5.09. The summed E-state index contributed by atoms with van der Waals surface area (Å²) in [4.78, 5) is 13.4. The summed E-state index contributed by atoms with van der Waals surface area (Å²) in [5.74, 6) is -1.14. The molecule has 0 saturated carbocycles. The molecule has 1 aromatic heterocycles. The zero-order chi connectivity index (χ0) is 17.3. The molecule has 7 nitrogen and oxygen atoms in total. The van der Waals surface area contributed by atoms with E-state index in [0.717, 1.165) is 0 Å². The average molecular weight is 386 g/mol. The number of furan rings is 1. The van der Waals surface area contributed by atoms with Crippen LogP contribution in [0, 0.1) is 6.92 Å². The first-order valence-corrected chi connectivity index (χ1v) is 8.86. The van der Waals surface area contributed by atoms with Gasteiger partial charge in [0.05, 0.1) is 10.6 Å². The van der Waals surface area contributed by atoms with Gasteiger partial charge in [-0.15, -0.1) is 0 Å². The molecule has 0 unspecified atom stereocenters. The molecule has 126 valence electrons. The Hall–Kier alpha value is -0.974. The average Bonchev–Trinajstić information content (AvgIpc) is 2.92. The van der Waals surface area contributed by atoms with Crippen molar-refractivity contribution >= 4 is 21.7 Å². The molecule has 0 bridgehead atoms. The Balaban J connectivity index is 0.00000225. The summed E-state index contributed by atoms with van der Waals surface area (Å²) in [6, 6.07) is 7.88. The number of hydrazone groups is 1. The van der Waals surface area contributed by atoms with Gasteiger partial charge in [0.15, 0.2) is 5.76 Å². The monoisotopic (exact) mass is 386 g/mol. The van der Waals surface area contributed by atoms with Crippen molar-refractivity contribution in [2.24, 2.45) is 5.10 Å². The minimum Gasteiger partial charge on any atom is -0.542 e. The van der Waals surface area contributed by atoms with Crippen molar-refractivity contribution in [3.63, 3.8) is 0 Å². The predicted octanol–water partition coefficient (Wildman–Crippen LogP) is -2.03. The van der Waals surface area contributed by atoms with Gasteiger partial charge in [0.25, 0.3) is 10.0 Å². The van der Waals surface area contributed by atoms with E-state index >= 15 is 0 Å². The van der Waals surface area contributed by atoms with Crippen molar-refractivity contribution < 1.29 is 74.1 Å². The number of aromatic carboxylic acids is 1. The van der Waals surface area contributed by atoms with Crippen LogP contribution in [-0.4, -0.2) is 20.1 Å². The number of aryl methyl sites for hydroxylation is 1. The standard InChI is InChI=1S/C16H16N2O5S.K/c1-10-14-12(8-5-9-13(14)23-15(10)16(19)20)17-18-24(21,22)11-6-3-2-4-7-11;/h2-4,6-7,18H,5,8-9H2,1H3,(H,19,20);/q;+1/p-1/b17-12+;. The van der Waals surface area contributed by atoms with E-state index in [0.29, 0.717) is 41.9 Å². The number of carbonyl (C=O) groups is 1. The molecule has 1 heterocycles. The van der Waals surface area contributed by atoms with Crippen LogP contribution < -0.4 is 61.3 Å². The van der Waals surface area contributed by atoms with Crippen LogP contribution in [0.25, 0.3) is 0 Å². The molecule has 2 aromatic rings.